The molecule has 1 atom stereocenters. The standard InChI is InChI=1S/C21H26N2O2.C4H4O4/c1-4-25-21(17-11-6-5-7-12-17)18-13-8-9-14-19(18)23(20(21)24)16-10-15-22(2)3;5-3(6)1-2-4(7)8/h5-9,11-14H,4,10,15-16H2,1-3H3;1-2H,(H,5,6)(H,7,8)/b;2-1-. The zero-order valence-electron chi connectivity index (χ0n) is 19.1. The van der Waals surface area contributed by atoms with Crippen molar-refractivity contribution in [3.8, 4) is 0 Å². The topological polar surface area (TPSA) is 111 Å². The molecule has 1 aliphatic heterocycles. The van der Waals surface area contributed by atoms with Gasteiger partial charge < -0.3 is 29.5 Å². The van der Waals surface area contributed by atoms with Crippen LogP contribution in [0.5, 0.6) is 0 Å². The number of carboxylic acids is 2. The minimum atomic E-state index is -1.51. The summed E-state index contributed by atoms with van der Waals surface area (Å²) in [5.41, 5.74) is 1.79. The lowest BCUT2D eigenvalue weighted by molar-refractivity contribution is -0.858. The molecule has 1 unspecified atom stereocenters. The van der Waals surface area contributed by atoms with Crippen LogP contribution in [0, 0.1) is 0 Å². The third-order valence-corrected chi connectivity index (χ3v) is 5.08. The number of nitrogens with one attached hydrogen (secondary N) is 1. The molecule has 2 aromatic carbocycles. The summed E-state index contributed by atoms with van der Waals surface area (Å²) in [7, 11) is 4.27. The van der Waals surface area contributed by atoms with Crippen molar-refractivity contribution in [1.82, 2.24) is 0 Å². The molecule has 0 fully saturated rings. The number of carboxylic acid groups (broad SMARTS) is 2. The third kappa shape index (κ3) is 6.27. The molecular formula is C25H30N2O6. The van der Waals surface area contributed by atoms with E-state index in [1.807, 2.05) is 66.4 Å². The number of anilines is 1. The number of nitrogens with zero attached hydrogens (tertiary/aromatic N) is 1. The lowest BCUT2D eigenvalue weighted by atomic mass is 9.87. The van der Waals surface area contributed by atoms with Crippen LogP contribution in [0.3, 0.4) is 0 Å². The summed E-state index contributed by atoms with van der Waals surface area (Å²) in [6.45, 7) is 4.16. The number of rotatable bonds is 9. The van der Waals surface area contributed by atoms with E-state index in [0.29, 0.717) is 25.3 Å². The fourth-order valence-corrected chi connectivity index (χ4v) is 3.76. The van der Waals surface area contributed by atoms with Gasteiger partial charge in [-0.25, -0.2) is 4.79 Å². The molecule has 0 saturated carbocycles. The minimum Gasteiger partial charge on any atom is -0.545 e. The highest BCUT2D eigenvalue weighted by Gasteiger charge is 2.52. The molecule has 8 nitrogen and oxygen atoms in total. The van der Waals surface area contributed by atoms with E-state index in [-0.39, 0.29) is 5.91 Å². The molecule has 0 spiro atoms. The van der Waals surface area contributed by atoms with Crippen LogP contribution in [0.4, 0.5) is 5.69 Å². The molecule has 2 aromatic rings. The number of benzene rings is 2. The van der Waals surface area contributed by atoms with Crippen LogP contribution in [0.1, 0.15) is 24.5 Å². The van der Waals surface area contributed by atoms with E-state index in [4.69, 9.17) is 9.84 Å². The Balaban J connectivity index is 0.000000414. The highest BCUT2D eigenvalue weighted by atomic mass is 16.5. The van der Waals surface area contributed by atoms with Crippen LogP contribution < -0.4 is 14.9 Å². The minimum absolute atomic E-state index is 0.0236. The fourth-order valence-electron chi connectivity index (χ4n) is 3.76. The number of quaternary nitrogens is 1. The normalized spacial score (nSPS) is 17.1. The maximum atomic E-state index is 13.5. The van der Waals surface area contributed by atoms with E-state index in [0.717, 1.165) is 29.8 Å². The number of hydrogen-bond acceptors (Lipinski definition) is 5. The Morgan fingerprint density at radius 2 is 1.73 bits per heavy atom. The summed E-state index contributed by atoms with van der Waals surface area (Å²) in [5.74, 6) is -2.78. The lowest BCUT2D eigenvalue weighted by Gasteiger charge is -2.29. The molecule has 0 saturated heterocycles. The lowest BCUT2D eigenvalue weighted by Crippen LogP contribution is -3.05. The zero-order chi connectivity index (χ0) is 24.4. The van der Waals surface area contributed by atoms with Crippen LogP contribution in [0.15, 0.2) is 66.7 Å². The van der Waals surface area contributed by atoms with Crippen molar-refractivity contribution in [2.45, 2.75) is 18.9 Å². The molecule has 176 valence electrons. The number of hydrogen-bond donors (Lipinski definition) is 2. The van der Waals surface area contributed by atoms with Gasteiger partial charge in [0.05, 0.1) is 32.3 Å². The SMILES string of the molecule is CCOC1(c2ccccc2)C(=O)N(CCC[NH+](C)C)c2ccccc21.O=C([O-])/C=C\C(=O)O. The van der Waals surface area contributed by atoms with Gasteiger partial charge in [-0.2, -0.15) is 0 Å². The zero-order valence-corrected chi connectivity index (χ0v) is 19.1. The van der Waals surface area contributed by atoms with E-state index >= 15 is 0 Å². The largest absolute Gasteiger partial charge is 0.545 e. The second-order valence-electron chi connectivity index (χ2n) is 7.76. The predicted octanol–water partition coefficient (Wildman–Crippen LogP) is 0.225. The molecule has 1 aliphatic rings. The van der Waals surface area contributed by atoms with E-state index in [9.17, 15) is 19.5 Å². The Labute approximate surface area is 193 Å². The van der Waals surface area contributed by atoms with Gasteiger partial charge in [0.25, 0.3) is 5.91 Å². The Hall–Kier alpha value is -3.49. The van der Waals surface area contributed by atoms with Gasteiger partial charge in [0.15, 0.2) is 5.60 Å². The first-order chi connectivity index (χ1) is 15.7. The summed E-state index contributed by atoms with van der Waals surface area (Å²) < 4.78 is 6.18. The van der Waals surface area contributed by atoms with Gasteiger partial charge in [0, 0.05) is 31.2 Å². The predicted molar refractivity (Wildman–Crippen MR) is 122 cm³/mol. The van der Waals surface area contributed by atoms with Gasteiger partial charge in [-0.05, 0) is 24.6 Å². The first-order valence-corrected chi connectivity index (χ1v) is 10.8. The monoisotopic (exact) mass is 454 g/mol. The van der Waals surface area contributed by atoms with Gasteiger partial charge >= 0.3 is 5.97 Å². The second-order valence-corrected chi connectivity index (χ2v) is 7.76. The molecule has 8 heteroatoms. The average molecular weight is 455 g/mol. The van der Waals surface area contributed by atoms with Crippen LogP contribution in [0.2, 0.25) is 0 Å². The first-order valence-electron chi connectivity index (χ1n) is 10.8. The molecule has 1 heterocycles. The number of carbonyl (C=O) groups is 3. The summed E-state index contributed by atoms with van der Waals surface area (Å²) >= 11 is 0. The van der Waals surface area contributed by atoms with Crippen LogP contribution in [-0.4, -0.2) is 56.7 Å². The van der Waals surface area contributed by atoms with Gasteiger partial charge in [-0.1, -0.05) is 48.5 Å². The molecule has 0 aliphatic carbocycles. The Morgan fingerprint density at radius 1 is 1.09 bits per heavy atom. The van der Waals surface area contributed by atoms with Gasteiger partial charge in [-0.3, -0.25) is 4.79 Å². The number of ether oxygens (including phenoxy) is 1. The molecule has 0 bridgehead atoms. The number of para-hydroxylation sites is 1. The highest BCUT2D eigenvalue weighted by molar-refractivity contribution is 6.09. The molecule has 0 radical (unpaired) electrons. The Bertz CT molecular complexity index is 973. The summed E-state index contributed by atoms with van der Waals surface area (Å²) in [6.07, 6.45) is 1.90. The second kappa shape index (κ2) is 11.9. The maximum absolute atomic E-state index is 13.5. The average Bonchev–Trinajstić information content (AvgIpc) is 3.02. The Morgan fingerprint density at radius 3 is 2.27 bits per heavy atom. The summed E-state index contributed by atoms with van der Waals surface area (Å²) in [4.78, 5) is 35.8. The summed E-state index contributed by atoms with van der Waals surface area (Å²) in [5, 5.41) is 17.2. The maximum Gasteiger partial charge on any atom is 0.328 e. The molecule has 0 aromatic heterocycles. The third-order valence-electron chi connectivity index (χ3n) is 5.08. The molecule has 3 rings (SSSR count). The fraction of sp³-hybridized carbons (Fsp3) is 0.320. The molecule has 1 amide bonds. The smallest absolute Gasteiger partial charge is 0.328 e. The van der Waals surface area contributed by atoms with Crippen molar-refractivity contribution in [1.29, 1.82) is 0 Å². The Kier molecular flexibility index (Phi) is 9.32. The number of aliphatic carboxylic acids is 2. The number of amides is 1. The number of carbonyl (C=O) groups excluding carboxylic acids is 2. The first kappa shape index (κ1) is 25.8. The molecule has 2 N–H and O–H groups in total. The summed E-state index contributed by atoms with van der Waals surface area (Å²) in [6, 6.07) is 17.9. The van der Waals surface area contributed by atoms with Crippen molar-refractivity contribution >= 4 is 23.5 Å². The highest BCUT2D eigenvalue weighted by Crippen LogP contribution is 2.46. The van der Waals surface area contributed by atoms with E-state index in [2.05, 4.69) is 14.1 Å². The quantitative estimate of drug-likeness (QED) is 0.525. The molecule has 33 heavy (non-hydrogen) atoms. The molecular weight excluding hydrogens is 424 g/mol. The van der Waals surface area contributed by atoms with Crippen LogP contribution >= 0.6 is 0 Å². The van der Waals surface area contributed by atoms with Gasteiger partial charge in [0.1, 0.15) is 0 Å². The van der Waals surface area contributed by atoms with E-state index in [1.54, 1.807) is 0 Å². The van der Waals surface area contributed by atoms with Crippen molar-refractivity contribution in [3.63, 3.8) is 0 Å². The number of fused-ring (bicyclic) bond motifs is 1. The van der Waals surface area contributed by atoms with Crippen molar-refractivity contribution in [3.05, 3.63) is 77.9 Å². The van der Waals surface area contributed by atoms with Crippen molar-refractivity contribution in [2.24, 2.45) is 0 Å². The van der Waals surface area contributed by atoms with Crippen molar-refractivity contribution < 1.29 is 34.2 Å². The van der Waals surface area contributed by atoms with E-state index < -0.39 is 17.5 Å². The van der Waals surface area contributed by atoms with Crippen LogP contribution in [0.25, 0.3) is 0 Å². The van der Waals surface area contributed by atoms with Crippen LogP contribution in [-0.2, 0) is 24.7 Å². The van der Waals surface area contributed by atoms with E-state index in [1.165, 1.54) is 4.90 Å². The van der Waals surface area contributed by atoms with Crippen molar-refractivity contribution in [2.75, 3.05) is 38.7 Å². The van der Waals surface area contributed by atoms with Gasteiger partial charge in [0.2, 0.25) is 0 Å². The van der Waals surface area contributed by atoms with Gasteiger partial charge in [-0.15, -0.1) is 0 Å².